The lowest BCUT2D eigenvalue weighted by atomic mass is 9.99. The molecular formula is C16H19BrClFN4O. The van der Waals surface area contributed by atoms with Gasteiger partial charge in [-0.05, 0) is 52.0 Å². The second-order valence-electron chi connectivity index (χ2n) is 5.90. The summed E-state index contributed by atoms with van der Waals surface area (Å²) in [5.74, 6) is -0.590. The van der Waals surface area contributed by atoms with Crippen LogP contribution in [-0.2, 0) is 13.0 Å². The minimum Gasteiger partial charge on any atom is -0.318 e. The van der Waals surface area contributed by atoms with Crippen molar-refractivity contribution in [2.75, 3.05) is 11.9 Å². The number of fused-ring (bicyclic) bond motifs is 1. The van der Waals surface area contributed by atoms with Gasteiger partial charge in [-0.1, -0.05) is 19.9 Å². The van der Waals surface area contributed by atoms with Crippen molar-refractivity contribution < 1.29 is 9.18 Å². The standard InChI is InChI=1S/C16H18BrFN4O.ClH/c1-8(2)14-12(17)15(22-21-14)16(23)20-11-4-3-9-7-19-6-5-10(9)13(11)18;/h3-4,8,19H,5-7H2,1-2H3,(H,20,23)(H,21,22);1H. The van der Waals surface area contributed by atoms with Crippen LogP contribution in [0.25, 0.3) is 0 Å². The molecule has 24 heavy (non-hydrogen) atoms. The Kier molecular flexibility index (Phi) is 6.01. The van der Waals surface area contributed by atoms with Crippen LogP contribution in [0, 0.1) is 5.82 Å². The average Bonchev–Trinajstić information content (AvgIpc) is 2.92. The number of halogens is 3. The van der Waals surface area contributed by atoms with Crippen molar-refractivity contribution in [3.63, 3.8) is 0 Å². The van der Waals surface area contributed by atoms with Crippen LogP contribution in [0.1, 0.15) is 47.1 Å². The smallest absolute Gasteiger partial charge is 0.277 e. The molecule has 0 fully saturated rings. The predicted molar refractivity (Wildman–Crippen MR) is 97.4 cm³/mol. The Hall–Kier alpha value is -1.44. The van der Waals surface area contributed by atoms with Gasteiger partial charge in [0.25, 0.3) is 5.91 Å². The van der Waals surface area contributed by atoms with Crippen molar-refractivity contribution in [2.45, 2.75) is 32.7 Å². The molecule has 8 heteroatoms. The van der Waals surface area contributed by atoms with E-state index in [1.165, 1.54) is 0 Å². The van der Waals surface area contributed by atoms with Crippen molar-refractivity contribution in [1.29, 1.82) is 0 Å². The van der Waals surface area contributed by atoms with Crippen LogP contribution >= 0.6 is 28.3 Å². The molecule has 0 spiro atoms. The highest BCUT2D eigenvalue weighted by Crippen LogP contribution is 2.28. The van der Waals surface area contributed by atoms with Gasteiger partial charge in [0.2, 0.25) is 0 Å². The Morgan fingerprint density at radius 1 is 1.42 bits per heavy atom. The summed E-state index contributed by atoms with van der Waals surface area (Å²) in [7, 11) is 0. The molecule has 3 rings (SSSR count). The van der Waals surface area contributed by atoms with Crippen LogP contribution < -0.4 is 10.6 Å². The van der Waals surface area contributed by atoms with E-state index in [0.29, 0.717) is 23.0 Å². The summed E-state index contributed by atoms with van der Waals surface area (Å²) in [6.07, 6.45) is 0.620. The molecule has 0 unspecified atom stereocenters. The quantitative estimate of drug-likeness (QED) is 0.712. The molecule has 0 radical (unpaired) electrons. The van der Waals surface area contributed by atoms with E-state index < -0.39 is 5.91 Å². The van der Waals surface area contributed by atoms with Crippen molar-refractivity contribution in [1.82, 2.24) is 15.5 Å². The topological polar surface area (TPSA) is 69.8 Å². The van der Waals surface area contributed by atoms with Crippen LogP contribution in [0.4, 0.5) is 10.1 Å². The van der Waals surface area contributed by atoms with E-state index in [9.17, 15) is 9.18 Å². The molecule has 2 aromatic rings. The van der Waals surface area contributed by atoms with Crippen LogP contribution in [0.2, 0.25) is 0 Å². The number of hydrogen-bond donors (Lipinski definition) is 3. The number of hydrogen-bond acceptors (Lipinski definition) is 3. The number of anilines is 1. The maximum Gasteiger partial charge on any atom is 0.277 e. The zero-order valence-corrected chi connectivity index (χ0v) is 15.8. The number of benzene rings is 1. The first kappa shape index (κ1) is 18.9. The molecule has 0 bridgehead atoms. The number of rotatable bonds is 3. The monoisotopic (exact) mass is 416 g/mol. The number of amides is 1. The predicted octanol–water partition coefficient (Wildman–Crippen LogP) is 3.75. The van der Waals surface area contributed by atoms with E-state index in [0.717, 1.165) is 17.8 Å². The molecule has 1 aliphatic rings. The fourth-order valence-corrected chi connectivity index (χ4v) is 3.50. The largest absolute Gasteiger partial charge is 0.318 e. The summed E-state index contributed by atoms with van der Waals surface area (Å²) in [6.45, 7) is 5.39. The SMILES string of the molecule is CC(C)c1[nH]nc(C(=O)Nc2ccc3c(c2F)CCNC3)c1Br.Cl. The van der Waals surface area contributed by atoms with Crippen LogP contribution in [0.5, 0.6) is 0 Å². The van der Waals surface area contributed by atoms with Crippen molar-refractivity contribution in [2.24, 2.45) is 0 Å². The lowest BCUT2D eigenvalue weighted by Gasteiger charge is -2.19. The van der Waals surface area contributed by atoms with Gasteiger partial charge in [0, 0.05) is 6.54 Å². The summed E-state index contributed by atoms with van der Waals surface area (Å²) >= 11 is 3.39. The fraction of sp³-hybridized carbons (Fsp3) is 0.375. The van der Waals surface area contributed by atoms with Gasteiger partial charge in [0.1, 0.15) is 5.82 Å². The molecule has 5 nitrogen and oxygen atoms in total. The van der Waals surface area contributed by atoms with Gasteiger partial charge in [0.05, 0.1) is 15.9 Å². The van der Waals surface area contributed by atoms with Crippen molar-refractivity contribution >= 4 is 39.9 Å². The molecule has 0 saturated carbocycles. The molecule has 0 atom stereocenters. The highest BCUT2D eigenvalue weighted by atomic mass is 79.9. The first-order valence-electron chi connectivity index (χ1n) is 7.55. The summed E-state index contributed by atoms with van der Waals surface area (Å²) < 4.78 is 15.2. The van der Waals surface area contributed by atoms with E-state index in [2.05, 4.69) is 36.8 Å². The van der Waals surface area contributed by atoms with Crippen molar-refractivity contribution in [3.05, 3.63) is 44.9 Å². The van der Waals surface area contributed by atoms with Gasteiger partial charge in [0.15, 0.2) is 5.69 Å². The highest BCUT2D eigenvalue weighted by Gasteiger charge is 2.22. The maximum atomic E-state index is 14.6. The number of carbonyl (C=O) groups is 1. The number of aromatic nitrogens is 2. The lowest BCUT2D eigenvalue weighted by Crippen LogP contribution is -2.25. The molecule has 130 valence electrons. The van der Waals surface area contributed by atoms with Gasteiger partial charge < -0.3 is 10.6 Å². The Morgan fingerprint density at radius 3 is 2.83 bits per heavy atom. The average molecular weight is 418 g/mol. The van der Waals surface area contributed by atoms with Crippen LogP contribution in [0.3, 0.4) is 0 Å². The van der Waals surface area contributed by atoms with Crippen LogP contribution in [0.15, 0.2) is 16.6 Å². The Labute approximate surface area is 154 Å². The third-order valence-corrected chi connectivity index (χ3v) is 4.78. The van der Waals surface area contributed by atoms with Gasteiger partial charge >= 0.3 is 0 Å². The summed E-state index contributed by atoms with van der Waals surface area (Å²) in [6, 6.07) is 3.45. The minimum atomic E-state index is -0.437. The number of H-pyrrole nitrogens is 1. The lowest BCUT2D eigenvalue weighted by molar-refractivity contribution is 0.102. The summed E-state index contributed by atoms with van der Waals surface area (Å²) in [5, 5.41) is 12.7. The van der Waals surface area contributed by atoms with E-state index in [1.807, 2.05) is 19.9 Å². The van der Waals surface area contributed by atoms with Crippen molar-refractivity contribution in [3.8, 4) is 0 Å². The van der Waals surface area contributed by atoms with Gasteiger partial charge in [-0.2, -0.15) is 5.10 Å². The Balaban J connectivity index is 0.00000208. The van der Waals surface area contributed by atoms with E-state index in [-0.39, 0.29) is 35.5 Å². The molecule has 1 amide bonds. The van der Waals surface area contributed by atoms with Crippen LogP contribution in [-0.4, -0.2) is 22.6 Å². The summed E-state index contributed by atoms with van der Waals surface area (Å²) in [5.41, 5.74) is 2.87. The molecule has 0 saturated heterocycles. The highest BCUT2D eigenvalue weighted by molar-refractivity contribution is 9.10. The molecule has 0 aliphatic carbocycles. The normalized spacial score (nSPS) is 13.4. The fourth-order valence-electron chi connectivity index (χ4n) is 2.69. The number of carbonyl (C=O) groups excluding carboxylic acids is 1. The minimum absolute atomic E-state index is 0. The van der Waals surface area contributed by atoms with Gasteiger partial charge in [-0.3, -0.25) is 9.89 Å². The Bertz CT molecular complexity index is 763. The van der Waals surface area contributed by atoms with Gasteiger partial charge in [-0.15, -0.1) is 12.4 Å². The summed E-state index contributed by atoms with van der Waals surface area (Å²) in [4.78, 5) is 12.4. The first-order valence-corrected chi connectivity index (χ1v) is 8.34. The van der Waals surface area contributed by atoms with E-state index >= 15 is 0 Å². The second-order valence-corrected chi connectivity index (χ2v) is 6.69. The molecular weight excluding hydrogens is 399 g/mol. The second kappa shape index (κ2) is 7.63. The third-order valence-electron chi connectivity index (χ3n) is 3.98. The number of aromatic amines is 1. The van der Waals surface area contributed by atoms with E-state index in [4.69, 9.17) is 0 Å². The molecule has 1 aromatic heterocycles. The zero-order valence-electron chi connectivity index (χ0n) is 13.4. The van der Waals surface area contributed by atoms with Gasteiger partial charge in [-0.25, -0.2) is 4.39 Å². The third kappa shape index (κ3) is 3.48. The van der Waals surface area contributed by atoms with E-state index in [1.54, 1.807) is 6.07 Å². The number of nitrogens with one attached hydrogen (secondary N) is 3. The first-order chi connectivity index (χ1) is 11.0. The zero-order chi connectivity index (χ0) is 16.6. The maximum absolute atomic E-state index is 14.6. The molecule has 2 heterocycles. The number of nitrogens with zero attached hydrogens (tertiary/aromatic N) is 1. The molecule has 3 N–H and O–H groups in total. The molecule has 1 aliphatic heterocycles. The Morgan fingerprint density at radius 2 is 2.17 bits per heavy atom. The molecule has 1 aromatic carbocycles.